The molecule has 2 N–H and O–H groups in total. The molecule has 128 valence electrons. The summed E-state index contributed by atoms with van der Waals surface area (Å²) in [5.74, 6) is 1.34. The first kappa shape index (κ1) is 17.6. The van der Waals surface area contributed by atoms with E-state index in [1.807, 2.05) is 0 Å². The summed E-state index contributed by atoms with van der Waals surface area (Å²) in [6.07, 6.45) is 1.69. The van der Waals surface area contributed by atoms with Crippen LogP contribution in [0.1, 0.15) is 18.9 Å². The van der Waals surface area contributed by atoms with E-state index < -0.39 is 6.04 Å². The van der Waals surface area contributed by atoms with Crippen LogP contribution in [0.4, 0.5) is 0 Å². The zero-order valence-corrected chi connectivity index (χ0v) is 13.8. The van der Waals surface area contributed by atoms with Crippen LogP contribution in [0.3, 0.4) is 0 Å². The fraction of sp³-hybridized carbons (Fsp3) is 0.375. The smallest absolute Gasteiger partial charge is 0.242 e. The van der Waals surface area contributed by atoms with Crippen molar-refractivity contribution in [1.29, 1.82) is 0 Å². The lowest BCUT2D eigenvalue weighted by molar-refractivity contribution is -0.126. The van der Waals surface area contributed by atoms with E-state index in [4.69, 9.17) is 9.47 Å². The molecule has 2 rings (SSSR count). The SMILES string of the molecule is COc1ccc(/C=N/N=C2\CNC(CC(C)=O)C(=O)N2)c(OC)c1. The van der Waals surface area contributed by atoms with Gasteiger partial charge in [0.25, 0.3) is 0 Å². The Morgan fingerprint density at radius 2 is 2.17 bits per heavy atom. The molecule has 0 radical (unpaired) electrons. The second-order valence-electron chi connectivity index (χ2n) is 5.23. The van der Waals surface area contributed by atoms with E-state index in [9.17, 15) is 9.59 Å². The highest BCUT2D eigenvalue weighted by molar-refractivity contribution is 6.05. The standard InChI is InChI=1S/C16H20N4O4/c1-10(21)6-13-16(22)19-15(9-17-13)20-18-8-11-4-5-12(23-2)7-14(11)24-3/h4-5,7-8,13,17H,6,9H2,1-3H3,(H,19,20,22)/b18-8+. The number of ether oxygens (including phenoxy) is 2. The summed E-state index contributed by atoms with van der Waals surface area (Å²) in [4.78, 5) is 22.9. The second-order valence-corrected chi connectivity index (χ2v) is 5.23. The Balaban J connectivity index is 2.02. The maximum absolute atomic E-state index is 11.9. The Bertz CT molecular complexity index is 685. The van der Waals surface area contributed by atoms with Crippen molar-refractivity contribution in [2.45, 2.75) is 19.4 Å². The third kappa shape index (κ3) is 4.63. The van der Waals surface area contributed by atoms with E-state index >= 15 is 0 Å². The number of carbonyl (C=O) groups is 2. The number of benzene rings is 1. The number of hydrogen-bond donors (Lipinski definition) is 2. The highest BCUT2D eigenvalue weighted by Crippen LogP contribution is 2.23. The quantitative estimate of drug-likeness (QED) is 0.584. The van der Waals surface area contributed by atoms with Crippen LogP contribution < -0.4 is 20.1 Å². The van der Waals surface area contributed by atoms with Gasteiger partial charge in [0.1, 0.15) is 23.1 Å². The van der Waals surface area contributed by atoms with Gasteiger partial charge in [-0.1, -0.05) is 0 Å². The molecule has 1 unspecified atom stereocenters. The minimum Gasteiger partial charge on any atom is -0.497 e. The predicted octanol–water partition coefficient (Wildman–Crippen LogP) is 0.503. The third-order valence-electron chi connectivity index (χ3n) is 3.41. The van der Waals surface area contributed by atoms with Gasteiger partial charge in [0.15, 0.2) is 0 Å². The maximum atomic E-state index is 11.9. The summed E-state index contributed by atoms with van der Waals surface area (Å²) in [5.41, 5.74) is 0.729. The zero-order valence-electron chi connectivity index (χ0n) is 13.8. The second kappa shape index (κ2) is 8.21. The monoisotopic (exact) mass is 332 g/mol. The van der Waals surface area contributed by atoms with E-state index in [-0.39, 0.29) is 18.1 Å². The Hall–Kier alpha value is -2.74. The van der Waals surface area contributed by atoms with Gasteiger partial charge in [0.2, 0.25) is 5.91 Å². The largest absolute Gasteiger partial charge is 0.497 e. The zero-order chi connectivity index (χ0) is 17.5. The molecule has 1 fully saturated rings. The molecule has 0 bridgehead atoms. The first-order valence-corrected chi connectivity index (χ1v) is 7.39. The fourth-order valence-electron chi connectivity index (χ4n) is 2.18. The molecule has 24 heavy (non-hydrogen) atoms. The van der Waals surface area contributed by atoms with Crippen LogP contribution in [0.2, 0.25) is 0 Å². The van der Waals surface area contributed by atoms with Crippen LogP contribution in [0, 0.1) is 0 Å². The molecule has 1 saturated heterocycles. The summed E-state index contributed by atoms with van der Waals surface area (Å²) in [6.45, 7) is 1.78. The van der Waals surface area contributed by atoms with Crippen LogP contribution in [0.25, 0.3) is 0 Å². The summed E-state index contributed by atoms with van der Waals surface area (Å²) >= 11 is 0. The minimum absolute atomic E-state index is 0.0485. The number of ketones is 1. The average Bonchev–Trinajstić information content (AvgIpc) is 2.57. The van der Waals surface area contributed by atoms with Crippen molar-refractivity contribution in [3.05, 3.63) is 23.8 Å². The average molecular weight is 332 g/mol. The van der Waals surface area contributed by atoms with Crippen LogP contribution >= 0.6 is 0 Å². The van der Waals surface area contributed by atoms with Crippen LogP contribution in [-0.2, 0) is 9.59 Å². The van der Waals surface area contributed by atoms with Crippen molar-refractivity contribution in [2.75, 3.05) is 20.8 Å². The lowest BCUT2D eigenvalue weighted by atomic mass is 10.1. The minimum atomic E-state index is -0.521. The summed E-state index contributed by atoms with van der Waals surface area (Å²) in [6, 6.07) is 4.80. The number of amides is 1. The van der Waals surface area contributed by atoms with Gasteiger partial charge in [-0.25, -0.2) is 0 Å². The molecule has 1 aromatic rings. The first-order valence-electron chi connectivity index (χ1n) is 7.39. The molecule has 0 aromatic heterocycles. The van der Waals surface area contributed by atoms with Gasteiger partial charge in [-0.3, -0.25) is 14.9 Å². The van der Waals surface area contributed by atoms with Crippen molar-refractivity contribution >= 4 is 23.7 Å². The van der Waals surface area contributed by atoms with Crippen LogP contribution in [0.15, 0.2) is 28.4 Å². The fourth-order valence-corrected chi connectivity index (χ4v) is 2.18. The molecule has 1 aliphatic heterocycles. The van der Waals surface area contributed by atoms with Gasteiger partial charge >= 0.3 is 0 Å². The molecular formula is C16H20N4O4. The van der Waals surface area contributed by atoms with Gasteiger partial charge in [0, 0.05) is 18.1 Å². The third-order valence-corrected chi connectivity index (χ3v) is 3.41. The summed E-state index contributed by atoms with van der Waals surface area (Å²) < 4.78 is 10.4. The Kier molecular flexibility index (Phi) is 6.02. The Morgan fingerprint density at radius 3 is 2.79 bits per heavy atom. The van der Waals surface area contributed by atoms with Crippen molar-refractivity contribution in [2.24, 2.45) is 10.2 Å². The van der Waals surface area contributed by atoms with Gasteiger partial charge in [-0.2, -0.15) is 5.10 Å². The molecule has 1 aliphatic rings. The topological polar surface area (TPSA) is 101 Å². The number of amidine groups is 1. The molecule has 8 heteroatoms. The van der Waals surface area contributed by atoms with Crippen molar-refractivity contribution in [3.8, 4) is 11.5 Å². The molecular weight excluding hydrogens is 312 g/mol. The molecule has 1 atom stereocenters. The summed E-state index contributed by atoms with van der Waals surface area (Å²) in [5, 5.41) is 13.5. The van der Waals surface area contributed by atoms with Crippen LogP contribution in [0.5, 0.6) is 11.5 Å². The molecule has 1 aromatic carbocycles. The predicted molar refractivity (Wildman–Crippen MR) is 89.8 cm³/mol. The van der Waals surface area contributed by atoms with Gasteiger partial charge in [-0.05, 0) is 19.1 Å². The van der Waals surface area contributed by atoms with E-state index in [2.05, 4.69) is 20.8 Å². The van der Waals surface area contributed by atoms with Gasteiger partial charge in [-0.15, -0.1) is 5.10 Å². The molecule has 8 nitrogen and oxygen atoms in total. The molecule has 1 amide bonds. The highest BCUT2D eigenvalue weighted by atomic mass is 16.5. The number of carbonyl (C=O) groups excluding carboxylic acids is 2. The lowest BCUT2D eigenvalue weighted by Gasteiger charge is -2.23. The Labute approximate surface area is 139 Å². The summed E-state index contributed by atoms with van der Waals surface area (Å²) in [7, 11) is 3.13. The molecule has 0 aliphatic carbocycles. The van der Waals surface area contributed by atoms with Gasteiger partial charge < -0.3 is 14.8 Å². The molecule has 1 heterocycles. The lowest BCUT2D eigenvalue weighted by Crippen LogP contribution is -2.56. The number of hydrogen-bond acceptors (Lipinski definition) is 7. The van der Waals surface area contributed by atoms with Crippen molar-refractivity contribution in [1.82, 2.24) is 10.6 Å². The Morgan fingerprint density at radius 1 is 1.38 bits per heavy atom. The van der Waals surface area contributed by atoms with E-state index in [0.29, 0.717) is 23.9 Å². The van der Waals surface area contributed by atoms with Crippen LogP contribution in [-0.4, -0.2) is 50.5 Å². The number of piperazine rings is 1. The maximum Gasteiger partial charge on any atom is 0.242 e. The van der Waals surface area contributed by atoms with Gasteiger partial charge in [0.05, 0.1) is 33.0 Å². The number of methoxy groups -OCH3 is 2. The van der Waals surface area contributed by atoms with E-state index in [1.165, 1.54) is 13.1 Å². The molecule has 0 saturated carbocycles. The number of rotatable bonds is 6. The van der Waals surface area contributed by atoms with E-state index in [1.54, 1.807) is 32.4 Å². The van der Waals surface area contributed by atoms with E-state index in [0.717, 1.165) is 5.56 Å². The number of nitrogens with one attached hydrogen (secondary N) is 2. The van der Waals surface area contributed by atoms with Crippen molar-refractivity contribution < 1.29 is 19.1 Å². The highest BCUT2D eigenvalue weighted by Gasteiger charge is 2.25. The normalized spacial score (nSPS) is 19.4. The molecule has 0 spiro atoms. The number of nitrogens with zero attached hydrogens (tertiary/aromatic N) is 2. The first-order chi connectivity index (χ1) is 11.5. The van der Waals surface area contributed by atoms with Crippen molar-refractivity contribution in [3.63, 3.8) is 0 Å². The number of Topliss-reactive ketones (excluding diaryl/α,β-unsaturated/α-hetero) is 1.